The van der Waals surface area contributed by atoms with Gasteiger partial charge in [-0.05, 0) is 32.0 Å². The summed E-state index contributed by atoms with van der Waals surface area (Å²) < 4.78 is 28.7. The number of benzene rings is 2. The van der Waals surface area contributed by atoms with E-state index in [1.54, 1.807) is 13.8 Å². The minimum absolute atomic E-state index is 0.161. The van der Waals surface area contributed by atoms with E-state index in [4.69, 9.17) is 16.0 Å². The van der Waals surface area contributed by atoms with Crippen LogP contribution >= 0.6 is 23.5 Å². The van der Waals surface area contributed by atoms with Gasteiger partial charge in [0.15, 0.2) is 0 Å². The van der Waals surface area contributed by atoms with Crippen molar-refractivity contribution in [3.05, 3.63) is 41.2 Å². The zero-order valence-corrected chi connectivity index (χ0v) is 31.3. The van der Waals surface area contributed by atoms with Gasteiger partial charge in [-0.25, -0.2) is 14.6 Å². The van der Waals surface area contributed by atoms with Gasteiger partial charge in [-0.1, -0.05) is 6.07 Å². The highest BCUT2D eigenvalue weighted by Crippen LogP contribution is 2.64. The zero-order valence-electron chi connectivity index (χ0n) is 29.6. The number of anilines is 2. The largest absolute Gasteiger partial charge is 0.396 e. The summed E-state index contributed by atoms with van der Waals surface area (Å²) in [6, 6.07) is 8.13. The number of carbonyl (C=O) groups is 4. The Bertz CT molecular complexity index is 2330. The molecule has 10 rings (SSSR count). The fourth-order valence-corrected chi connectivity index (χ4v) is 11.5. The SMILES string of the molecule is CC12OC(CCO)(C[C@@H]1O)[C@H]1C(=O)N(c3ccc(C#N)c4nsnc34)C(=O)[C@H]12.[C-]#[N+]c1ccc(N2C(=O)[C@@H]3[C@H](C2=O)C2(C)OC3(CCO)C[C@H]2O)c2nsnc12. The number of nitriles is 1. The second kappa shape index (κ2) is 12.3. The second-order valence-corrected chi connectivity index (χ2v) is 16.5. The number of aliphatic hydroxyl groups excluding tert-OH is 4. The molecule has 4 amide bonds. The molecule has 0 radical (unpaired) electrons. The lowest BCUT2D eigenvalue weighted by Crippen LogP contribution is -2.49. The second-order valence-electron chi connectivity index (χ2n) is 15.4. The van der Waals surface area contributed by atoms with Crippen molar-refractivity contribution in [3.8, 4) is 6.07 Å². The number of ether oxygens (including phenoxy) is 2. The Hall–Kier alpha value is -4.90. The maximum absolute atomic E-state index is 13.4. The number of aromatic nitrogens is 4. The third kappa shape index (κ3) is 4.49. The Balaban J connectivity index is 0.000000146. The van der Waals surface area contributed by atoms with E-state index in [1.165, 1.54) is 24.3 Å². The minimum Gasteiger partial charge on any atom is -0.396 e. The summed E-state index contributed by atoms with van der Waals surface area (Å²) in [5.74, 6) is -5.01. The lowest BCUT2D eigenvalue weighted by Gasteiger charge is -2.33. The molecular formula is C36H32N8O10S2. The standard InChI is InChI=1S/2C18H16N4O5S/c1-17-10(24)7-18(27-17,5-6-23)12-11(17)15(25)22(16(12)26)9-4-3-8(19-2)13-14(9)21-28-20-13;1-17-10(24)6-18(27-17,4-5-23)12-11(17)15(25)22(16(12)26)9-3-2-8(7-19)13-14(9)21-28-20-13/h3-4,10-12,23-24H,5-7H2,1H3;2-3,10-12,23-24H,4-6H2,1H3/t2*10-,11-,12+,17?,18?/m10/s1. The third-order valence-electron chi connectivity index (χ3n) is 12.8. The smallest absolute Gasteiger partial charge is 0.240 e. The van der Waals surface area contributed by atoms with Crippen LogP contribution < -0.4 is 9.80 Å². The maximum Gasteiger partial charge on any atom is 0.240 e. The predicted octanol–water partition coefficient (Wildman–Crippen LogP) is 1.37. The first kappa shape index (κ1) is 36.7. The van der Waals surface area contributed by atoms with Crippen molar-refractivity contribution in [2.24, 2.45) is 23.7 Å². The minimum atomic E-state index is -1.19. The molecule has 4 N–H and O–H groups in total. The van der Waals surface area contributed by atoms with Crippen LogP contribution in [0.15, 0.2) is 24.3 Å². The van der Waals surface area contributed by atoms with Gasteiger partial charge in [-0.3, -0.25) is 19.2 Å². The van der Waals surface area contributed by atoms with Gasteiger partial charge in [0, 0.05) is 38.9 Å². The Labute approximate surface area is 325 Å². The van der Waals surface area contributed by atoms with Crippen LogP contribution in [-0.4, -0.2) is 109 Å². The molecule has 0 saturated carbocycles. The van der Waals surface area contributed by atoms with Crippen molar-refractivity contribution < 1.29 is 49.1 Å². The van der Waals surface area contributed by atoms with E-state index in [0.717, 1.165) is 33.3 Å². The Morgan fingerprint density at radius 1 is 0.750 bits per heavy atom. The lowest BCUT2D eigenvalue weighted by atomic mass is 9.66. The van der Waals surface area contributed by atoms with E-state index in [-0.39, 0.29) is 50.3 Å². The summed E-state index contributed by atoms with van der Waals surface area (Å²) in [7, 11) is 0. The normalized spacial score (nSPS) is 36.4. The van der Waals surface area contributed by atoms with Crippen LogP contribution in [0.25, 0.3) is 26.9 Å². The fourth-order valence-electron chi connectivity index (χ4n) is 10.3. The monoisotopic (exact) mass is 800 g/mol. The number of nitrogens with zero attached hydrogens (tertiary/aromatic N) is 8. The van der Waals surface area contributed by atoms with Gasteiger partial charge >= 0.3 is 0 Å². The van der Waals surface area contributed by atoms with E-state index in [9.17, 15) is 44.9 Å². The molecule has 10 atom stereocenters. The number of rotatable bonds is 6. The predicted molar refractivity (Wildman–Crippen MR) is 194 cm³/mol. The first-order chi connectivity index (χ1) is 26.8. The molecule has 2 aromatic carbocycles. The van der Waals surface area contributed by atoms with E-state index < -0.39 is 81.9 Å². The van der Waals surface area contributed by atoms with Crippen molar-refractivity contribution in [2.45, 2.75) is 74.1 Å². The number of hydrogen-bond donors (Lipinski definition) is 4. The van der Waals surface area contributed by atoms with Crippen LogP contribution in [0.5, 0.6) is 0 Å². The highest BCUT2D eigenvalue weighted by molar-refractivity contribution is 7.00. The molecule has 18 nitrogen and oxygen atoms in total. The molecule has 0 spiro atoms. The van der Waals surface area contributed by atoms with E-state index >= 15 is 0 Å². The molecule has 6 aliphatic rings. The van der Waals surface area contributed by atoms with Crippen molar-refractivity contribution in [2.75, 3.05) is 23.0 Å². The number of aliphatic hydroxyl groups is 4. The molecule has 20 heteroatoms. The Morgan fingerprint density at radius 2 is 1.18 bits per heavy atom. The molecule has 288 valence electrons. The van der Waals surface area contributed by atoms with Crippen molar-refractivity contribution >= 4 is 86.2 Å². The molecular weight excluding hydrogens is 769 g/mol. The number of amides is 4. The summed E-state index contributed by atoms with van der Waals surface area (Å²) in [5.41, 5.74) is -1.97. The van der Waals surface area contributed by atoms with E-state index in [2.05, 4.69) is 22.3 Å². The topological polar surface area (TPSA) is 254 Å². The summed E-state index contributed by atoms with van der Waals surface area (Å²) in [6.45, 7) is 10.1. The zero-order chi connectivity index (χ0) is 39.7. The van der Waals surface area contributed by atoms with Crippen LogP contribution in [0.4, 0.5) is 17.1 Å². The molecule has 6 fully saturated rings. The number of imide groups is 2. The molecule has 4 bridgehead atoms. The van der Waals surface area contributed by atoms with Crippen molar-refractivity contribution in [1.82, 2.24) is 17.5 Å². The molecule has 56 heavy (non-hydrogen) atoms. The molecule has 4 aromatic rings. The van der Waals surface area contributed by atoms with Crippen molar-refractivity contribution in [3.63, 3.8) is 0 Å². The summed E-state index contributed by atoms with van der Waals surface area (Å²) in [4.78, 5) is 59.1. The first-order valence-electron chi connectivity index (χ1n) is 17.8. The fraction of sp³-hybridized carbons (Fsp3) is 0.500. The molecule has 4 unspecified atom stereocenters. The van der Waals surface area contributed by atoms with Gasteiger partial charge < -0.3 is 29.9 Å². The number of hydrogen-bond acceptors (Lipinski definition) is 17. The average molecular weight is 801 g/mol. The van der Waals surface area contributed by atoms with Gasteiger partial charge in [0.25, 0.3) is 0 Å². The third-order valence-corrected chi connectivity index (χ3v) is 13.8. The quantitative estimate of drug-likeness (QED) is 0.159. The molecule has 2 aromatic heterocycles. The van der Waals surface area contributed by atoms with Crippen LogP contribution in [0.2, 0.25) is 0 Å². The number of fused-ring (bicyclic) bond motifs is 12. The van der Waals surface area contributed by atoms with Crippen LogP contribution in [0.1, 0.15) is 45.1 Å². The van der Waals surface area contributed by atoms with Crippen LogP contribution in [0.3, 0.4) is 0 Å². The molecule has 0 aliphatic carbocycles. The summed E-state index contributed by atoms with van der Waals surface area (Å²) in [6.07, 6.45) is -1.09. The van der Waals surface area contributed by atoms with Crippen LogP contribution in [-0.2, 0) is 28.7 Å². The van der Waals surface area contributed by atoms with Gasteiger partial charge in [-0.15, -0.1) is 0 Å². The van der Waals surface area contributed by atoms with E-state index in [1.807, 2.05) is 6.07 Å². The van der Waals surface area contributed by atoms with Gasteiger partial charge in [0.1, 0.15) is 39.3 Å². The van der Waals surface area contributed by atoms with Gasteiger partial charge in [0.2, 0.25) is 29.3 Å². The Kier molecular flexibility index (Phi) is 8.06. The van der Waals surface area contributed by atoms with E-state index in [0.29, 0.717) is 33.3 Å². The molecule has 6 saturated heterocycles. The van der Waals surface area contributed by atoms with Gasteiger partial charge in [-0.2, -0.15) is 22.8 Å². The van der Waals surface area contributed by atoms with Crippen molar-refractivity contribution in [1.29, 1.82) is 5.26 Å². The number of carbonyl (C=O) groups excluding carboxylic acids is 4. The summed E-state index contributed by atoms with van der Waals surface area (Å²) >= 11 is 1.81. The van der Waals surface area contributed by atoms with Crippen LogP contribution in [0, 0.1) is 41.6 Å². The highest BCUT2D eigenvalue weighted by atomic mass is 32.1. The highest BCUT2D eigenvalue weighted by Gasteiger charge is 2.78. The average Bonchev–Trinajstić information content (AvgIpc) is 4.03. The lowest BCUT2D eigenvalue weighted by molar-refractivity contribution is -0.135. The van der Waals surface area contributed by atoms with Gasteiger partial charge in [0.05, 0.1) is 94.0 Å². The maximum atomic E-state index is 13.4. The molecule has 6 aliphatic heterocycles. The first-order valence-corrected chi connectivity index (χ1v) is 19.2. The molecule has 8 heterocycles. The summed E-state index contributed by atoms with van der Waals surface area (Å²) in [5, 5.41) is 49.4. The Morgan fingerprint density at radius 3 is 1.64 bits per heavy atom.